The molecule has 0 saturated carbocycles. The number of carbonyl (C=O) groups is 2. The van der Waals surface area contributed by atoms with Crippen LogP contribution in [0, 0.1) is 0 Å². The molecule has 0 atom stereocenters. The normalized spacial score (nSPS) is 16.8. The fourth-order valence-corrected chi connectivity index (χ4v) is 2.49. The van der Waals surface area contributed by atoms with Gasteiger partial charge in [-0.3, -0.25) is 4.79 Å². The van der Waals surface area contributed by atoms with Crippen LogP contribution in [0.1, 0.15) is 32.8 Å². The molecule has 0 bridgehead atoms. The molecule has 96 valence electrons. The lowest BCUT2D eigenvalue weighted by Gasteiger charge is -2.12. The first-order valence-electron chi connectivity index (χ1n) is 5.87. The molecule has 1 aromatic carbocycles. The van der Waals surface area contributed by atoms with Crippen molar-refractivity contribution in [3.05, 3.63) is 46.9 Å². The Morgan fingerprint density at radius 3 is 2.79 bits per heavy atom. The van der Waals surface area contributed by atoms with Crippen LogP contribution in [-0.2, 0) is 6.42 Å². The molecule has 1 heterocycles. The summed E-state index contributed by atoms with van der Waals surface area (Å²) in [6, 6.07) is 4.74. The number of carboxylic acids is 1. The molecule has 0 radical (unpaired) electrons. The first-order chi connectivity index (χ1) is 9.11. The van der Waals surface area contributed by atoms with E-state index in [9.17, 15) is 9.59 Å². The second-order valence-electron chi connectivity index (χ2n) is 4.53. The van der Waals surface area contributed by atoms with E-state index in [1.807, 2.05) is 0 Å². The number of carboxylic acid groups (broad SMARTS) is 1. The number of rotatable bonds is 1. The summed E-state index contributed by atoms with van der Waals surface area (Å²) >= 11 is 0. The molecule has 0 amide bonds. The van der Waals surface area contributed by atoms with Crippen LogP contribution < -0.4 is 0 Å². The number of carbonyl (C=O) groups excluding carboxylic acids is 1. The maximum atomic E-state index is 12.1. The third kappa shape index (κ3) is 1.62. The number of aromatic nitrogens is 1. The lowest BCUT2D eigenvalue weighted by molar-refractivity contribution is 0.0697. The van der Waals surface area contributed by atoms with Crippen molar-refractivity contribution < 1.29 is 19.8 Å². The van der Waals surface area contributed by atoms with Gasteiger partial charge in [-0.05, 0) is 36.6 Å². The summed E-state index contributed by atoms with van der Waals surface area (Å²) < 4.78 is 0. The van der Waals surface area contributed by atoms with Gasteiger partial charge in [0.1, 0.15) is 0 Å². The second-order valence-corrected chi connectivity index (χ2v) is 4.53. The second kappa shape index (κ2) is 3.98. The lowest BCUT2D eigenvalue weighted by Crippen LogP contribution is -2.13. The fraction of sp³-hybridized carbons (Fsp3) is 0.143. The summed E-state index contributed by atoms with van der Waals surface area (Å²) in [6.07, 6.45) is 1.92. The van der Waals surface area contributed by atoms with Crippen LogP contribution in [-0.4, -0.2) is 26.9 Å². The number of aliphatic hydroxyl groups is 1. The predicted molar refractivity (Wildman–Crippen MR) is 68.6 cm³/mol. The summed E-state index contributed by atoms with van der Waals surface area (Å²) in [5.41, 5.74) is 2.59. The molecule has 3 rings (SSSR count). The third-order valence-corrected chi connectivity index (χ3v) is 3.47. The van der Waals surface area contributed by atoms with Gasteiger partial charge >= 0.3 is 5.97 Å². The van der Waals surface area contributed by atoms with E-state index in [-0.39, 0.29) is 11.3 Å². The molecule has 5 nitrogen and oxygen atoms in total. The van der Waals surface area contributed by atoms with Crippen LogP contribution >= 0.6 is 0 Å². The van der Waals surface area contributed by atoms with Crippen molar-refractivity contribution in [2.45, 2.75) is 12.8 Å². The topological polar surface area (TPSA) is 90.4 Å². The Kier molecular flexibility index (Phi) is 2.41. The maximum Gasteiger partial charge on any atom is 0.335 e. The first kappa shape index (κ1) is 11.5. The molecule has 1 aliphatic carbocycles. The first-order valence-corrected chi connectivity index (χ1v) is 5.87. The zero-order chi connectivity index (χ0) is 13.6. The van der Waals surface area contributed by atoms with Gasteiger partial charge in [0.15, 0.2) is 0 Å². The standard InChI is InChI=1S/C14H11NO4/c16-6-8-1-3-9-10-5-7(14(18)19)2-4-11(10)15-12(9)13(8)17/h2,4-6,15-16H,1,3H2,(H,18,19)/b8-6-. The van der Waals surface area contributed by atoms with Gasteiger partial charge in [0, 0.05) is 16.5 Å². The monoisotopic (exact) mass is 257 g/mol. The van der Waals surface area contributed by atoms with Gasteiger partial charge in [-0.2, -0.15) is 0 Å². The van der Waals surface area contributed by atoms with Crippen LogP contribution in [0.2, 0.25) is 0 Å². The van der Waals surface area contributed by atoms with Crippen molar-refractivity contribution in [3.8, 4) is 0 Å². The van der Waals surface area contributed by atoms with Gasteiger partial charge in [-0.15, -0.1) is 0 Å². The zero-order valence-corrected chi connectivity index (χ0v) is 9.93. The molecule has 3 N–H and O–H groups in total. The largest absolute Gasteiger partial charge is 0.515 e. The molecule has 0 saturated heterocycles. The average Bonchev–Trinajstić information content (AvgIpc) is 2.78. The van der Waals surface area contributed by atoms with Crippen LogP contribution in [0.4, 0.5) is 0 Å². The number of H-pyrrole nitrogens is 1. The average molecular weight is 257 g/mol. The molecule has 0 spiro atoms. The Bertz CT molecular complexity index is 739. The van der Waals surface area contributed by atoms with Gasteiger partial charge in [0.05, 0.1) is 17.5 Å². The van der Waals surface area contributed by atoms with E-state index >= 15 is 0 Å². The summed E-state index contributed by atoms with van der Waals surface area (Å²) in [5, 5.41) is 18.8. The number of ketones is 1. The Hall–Kier alpha value is -2.56. The number of Topliss-reactive ketones (excluding diaryl/α,β-unsaturated/α-hetero) is 1. The minimum absolute atomic E-state index is 0.199. The number of fused-ring (bicyclic) bond motifs is 3. The third-order valence-electron chi connectivity index (χ3n) is 3.47. The van der Waals surface area contributed by atoms with E-state index in [1.165, 1.54) is 6.07 Å². The highest BCUT2D eigenvalue weighted by atomic mass is 16.4. The molecule has 1 aliphatic rings. The van der Waals surface area contributed by atoms with Gasteiger partial charge in [0.2, 0.25) is 5.78 Å². The highest BCUT2D eigenvalue weighted by molar-refractivity contribution is 6.13. The molecular formula is C14H11NO4. The predicted octanol–water partition coefficient (Wildman–Crippen LogP) is 2.44. The molecule has 0 aliphatic heterocycles. The SMILES string of the molecule is O=C(O)c1ccc2[nH]c3c(c2c1)CC/C(=C/O)C3=O. The van der Waals surface area contributed by atoms with Gasteiger partial charge in [0.25, 0.3) is 0 Å². The highest BCUT2D eigenvalue weighted by Crippen LogP contribution is 2.31. The minimum Gasteiger partial charge on any atom is -0.515 e. The summed E-state index contributed by atoms with van der Waals surface area (Å²) in [5.74, 6) is -1.22. The lowest BCUT2D eigenvalue weighted by atomic mass is 9.91. The van der Waals surface area contributed by atoms with Crippen molar-refractivity contribution in [2.75, 3.05) is 0 Å². The van der Waals surface area contributed by atoms with Crippen molar-refractivity contribution in [1.29, 1.82) is 0 Å². The molecule has 1 aromatic heterocycles. The van der Waals surface area contributed by atoms with Crippen LogP contribution in [0.3, 0.4) is 0 Å². The number of allylic oxidation sites excluding steroid dienone is 1. The van der Waals surface area contributed by atoms with Gasteiger partial charge < -0.3 is 15.2 Å². The van der Waals surface area contributed by atoms with Crippen molar-refractivity contribution in [1.82, 2.24) is 4.98 Å². The quantitative estimate of drug-likeness (QED) is 0.540. The molecule has 2 aromatic rings. The Balaban J connectivity index is 2.24. The number of aliphatic hydroxyl groups excluding tert-OH is 1. The smallest absolute Gasteiger partial charge is 0.335 e. The minimum atomic E-state index is -0.991. The molecule has 0 unspecified atom stereocenters. The summed E-state index contributed by atoms with van der Waals surface area (Å²) in [4.78, 5) is 26.0. The Morgan fingerprint density at radius 1 is 1.32 bits per heavy atom. The summed E-state index contributed by atoms with van der Waals surface area (Å²) in [6.45, 7) is 0. The number of benzene rings is 1. The Labute approximate surface area is 108 Å². The maximum absolute atomic E-state index is 12.1. The molecule has 0 fully saturated rings. The van der Waals surface area contributed by atoms with E-state index in [4.69, 9.17) is 10.2 Å². The number of hydrogen-bond donors (Lipinski definition) is 3. The molecule has 5 heteroatoms. The van der Waals surface area contributed by atoms with Crippen LogP contribution in [0.15, 0.2) is 30.0 Å². The van der Waals surface area contributed by atoms with Gasteiger partial charge in [-0.1, -0.05) is 0 Å². The van der Waals surface area contributed by atoms with E-state index in [1.54, 1.807) is 12.1 Å². The van der Waals surface area contributed by atoms with Crippen LogP contribution in [0.5, 0.6) is 0 Å². The highest BCUT2D eigenvalue weighted by Gasteiger charge is 2.26. The van der Waals surface area contributed by atoms with E-state index in [0.29, 0.717) is 24.1 Å². The van der Waals surface area contributed by atoms with E-state index in [2.05, 4.69) is 4.98 Å². The number of aryl methyl sites for hydroxylation is 1. The van der Waals surface area contributed by atoms with E-state index in [0.717, 1.165) is 22.7 Å². The van der Waals surface area contributed by atoms with Crippen molar-refractivity contribution >= 4 is 22.7 Å². The number of aromatic amines is 1. The number of hydrogen-bond acceptors (Lipinski definition) is 3. The molecular weight excluding hydrogens is 246 g/mol. The van der Waals surface area contributed by atoms with E-state index < -0.39 is 5.97 Å². The number of aromatic carboxylic acids is 1. The van der Waals surface area contributed by atoms with Gasteiger partial charge in [-0.25, -0.2) is 4.79 Å². The zero-order valence-electron chi connectivity index (χ0n) is 9.93. The van der Waals surface area contributed by atoms with Crippen LogP contribution in [0.25, 0.3) is 10.9 Å². The van der Waals surface area contributed by atoms with Crippen molar-refractivity contribution in [3.63, 3.8) is 0 Å². The Morgan fingerprint density at radius 2 is 2.11 bits per heavy atom. The fourth-order valence-electron chi connectivity index (χ4n) is 2.49. The van der Waals surface area contributed by atoms with Crippen molar-refractivity contribution in [2.24, 2.45) is 0 Å². The number of nitrogens with one attached hydrogen (secondary N) is 1. The summed E-state index contributed by atoms with van der Waals surface area (Å²) in [7, 11) is 0. The molecule has 19 heavy (non-hydrogen) atoms.